The maximum atomic E-state index is 5.87. The zero-order chi connectivity index (χ0) is 13.8. The van der Waals surface area contributed by atoms with Crippen LogP contribution >= 0.6 is 0 Å². The summed E-state index contributed by atoms with van der Waals surface area (Å²) < 4.78 is 0. The first-order valence-corrected chi connectivity index (χ1v) is 6.47. The molecule has 0 aliphatic rings. The molecule has 4 nitrogen and oxygen atoms in total. The molecule has 2 rings (SSSR count). The molecule has 1 aromatic heterocycles. The van der Waals surface area contributed by atoms with Gasteiger partial charge >= 0.3 is 0 Å². The molecule has 0 aliphatic carbocycles. The quantitative estimate of drug-likeness (QED) is 0.914. The van der Waals surface area contributed by atoms with Gasteiger partial charge in [-0.15, -0.1) is 0 Å². The van der Waals surface area contributed by atoms with Crippen molar-refractivity contribution in [3.63, 3.8) is 0 Å². The minimum atomic E-state index is 0.341. The molecule has 19 heavy (non-hydrogen) atoms. The fourth-order valence-electron chi connectivity index (χ4n) is 2.03. The van der Waals surface area contributed by atoms with Crippen molar-refractivity contribution in [1.82, 2.24) is 9.97 Å². The number of hydrogen-bond acceptors (Lipinski definition) is 4. The molecule has 0 radical (unpaired) electrons. The third-order valence-electron chi connectivity index (χ3n) is 3.19. The number of nitrogens with zero attached hydrogens (tertiary/aromatic N) is 3. The Morgan fingerprint density at radius 1 is 1.16 bits per heavy atom. The summed E-state index contributed by atoms with van der Waals surface area (Å²) in [6.07, 6.45) is 1.53. The van der Waals surface area contributed by atoms with Gasteiger partial charge in [-0.1, -0.05) is 30.3 Å². The highest BCUT2D eigenvalue weighted by atomic mass is 15.2. The Labute approximate surface area is 114 Å². The van der Waals surface area contributed by atoms with E-state index in [2.05, 4.69) is 53.0 Å². The van der Waals surface area contributed by atoms with Crippen molar-refractivity contribution in [1.29, 1.82) is 0 Å². The number of hydrogen-bond donors (Lipinski definition) is 1. The topological polar surface area (TPSA) is 55.0 Å². The number of nitrogens with two attached hydrogens (primary N) is 1. The molecule has 0 atom stereocenters. The van der Waals surface area contributed by atoms with Crippen LogP contribution in [-0.4, -0.2) is 16.0 Å². The van der Waals surface area contributed by atoms with E-state index in [9.17, 15) is 0 Å². The first-order chi connectivity index (χ1) is 9.09. The minimum absolute atomic E-state index is 0.341. The molecule has 1 heterocycles. The van der Waals surface area contributed by atoms with Crippen LogP contribution in [0.1, 0.15) is 25.0 Å². The van der Waals surface area contributed by atoms with Gasteiger partial charge in [0.1, 0.15) is 18.0 Å². The van der Waals surface area contributed by atoms with Crippen molar-refractivity contribution in [2.24, 2.45) is 0 Å². The van der Waals surface area contributed by atoms with E-state index >= 15 is 0 Å². The summed E-state index contributed by atoms with van der Waals surface area (Å²) in [7, 11) is 0. The fourth-order valence-corrected chi connectivity index (χ4v) is 2.03. The molecular weight excluding hydrogens is 236 g/mol. The Bertz CT molecular complexity index is 537. The largest absolute Gasteiger partial charge is 0.383 e. The number of rotatable bonds is 4. The molecular formula is C15H20N4. The summed E-state index contributed by atoms with van der Waals surface area (Å²) in [6, 6.07) is 10.7. The average molecular weight is 256 g/mol. The lowest BCUT2D eigenvalue weighted by Gasteiger charge is -2.29. The third kappa shape index (κ3) is 3.02. The highest BCUT2D eigenvalue weighted by molar-refractivity contribution is 5.56. The third-order valence-corrected chi connectivity index (χ3v) is 3.19. The van der Waals surface area contributed by atoms with Crippen molar-refractivity contribution in [2.45, 2.75) is 33.4 Å². The zero-order valence-corrected chi connectivity index (χ0v) is 11.7. The second-order valence-corrected chi connectivity index (χ2v) is 4.91. The highest BCUT2D eigenvalue weighted by Crippen LogP contribution is 2.23. The molecule has 0 amide bonds. The maximum Gasteiger partial charge on any atom is 0.137 e. The van der Waals surface area contributed by atoms with Crippen molar-refractivity contribution in [3.8, 4) is 0 Å². The van der Waals surface area contributed by atoms with Gasteiger partial charge in [0.2, 0.25) is 0 Å². The second-order valence-electron chi connectivity index (χ2n) is 4.91. The van der Waals surface area contributed by atoms with Gasteiger partial charge in [0, 0.05) is 18.2 Å². The summed E-state index contributed by atoms with van der Waals surface area (Å²) in [5, 5.41) is 0. The SMILES string of the molecule is Cc1c(N)ncnc1N(Cc1ccccc1)C(C)C. The molecule has 0 saturated heterocycles. The Hall–Kier alpha value is -2.10. The van der Waals surface area contributed by atoms with Crippen LogP contribution in [-0.2, 0) is 6.54 Å². The van der Waals surface area contributed by atoms with Gasteiger partial charge in [-0.05, 0) is 26.3 Å². The summed E-state index contributed by atoms with van der Waals surface area (Å²) in [5.41, 5.74) is 8.07. The van der Waals surface area contributed by atoms with E-state index in [4.69, 9.17) is 5.73 Å². The average Bonchev–Trinajstić information content (AvgIpc) is 2.40. The number of anilines is 2. The van der Waals surface area contributed by atoms with Crippen molar-refractivity contribution >= 4 is 11.6 Å². The predicted octanol–water partition coefficient (Wildman–Crippen LogP) is 2.78. The minimum Gasteiger partial charge on any atom is -0.383 e. The van der Waals surface area contributed by atoms with Gasteiger partial charge in [-0.2, -0.15) is 0 Å². The van der Waals surface area contributed by atoms with Gasteiger partial charge in [-0.3, -0.25) is 0 Å². The first-order valence-electron chi connectivity index (χ1n) is 6.47. The molecule has 0 bridgehead atoms. The first kappa shape index (κ1) is 13.3. The van der Waals surface area contributed by atoms with E-state index in [0.29, 0.717) is 11.9 Å². The molecule has 1 aromatic carbocycles. The molecule has 0 fully saturated rings. The molecule has 0 saturated carbocycles. The number of aromatic nitrogens is 2. The van der Waals surface area contributed by atoms with Crippen LogP contribution in [0.5, 0.6) is 0 Å². The van der Waals surface area contributed by atoms with Crippen LogP contribution in [0, 0.1) is 6.92 Å². The molecule has 0 unspecified atom stereocenters. The Morgan fingerprint density at radius 3 is 2.47 bits per heavy atom. The smallest absolute Gasteiger partial charge is 0.137 e. The Morgan fingerprint density at radius 2 is 1.84 bits per heavy atom. The molecule has 2 aromatic rings. The molecule has 2 N–H and O–H groups in total. The summed E-state index contributed by atoms with van der Waals surface area (Å²) in [6.45, 7) is 7.09. The Kier molecular flexibility index (Phi) is 4.00. The van der Waals surface area contributed by atoms with E-state index < -0.39 is 0 Å². The molecule has 0 spiro atoms. The predicted molar refractivity (Wildman–Crippen MR) is 78.9 cm³/mol. The van der Waals surface area contributed by atoms with Crippen LogP contribution in [0.25, 0.3) is 0 Å². The van der Waals surface area contributed by atoms with E-state index in [1.165, 1.54) is 11.9 Å². The summed E-state index contributed by atoms with van der Waals surface area (Å²) >= 11 is 0. The number of benzene rings is 1. The van der Waals surface area contributed by atoms with Crippen LogP contribution in [0.2, 0.25) is 0 Å². The fraction of sp³-hybridized carbons (Fsp3) is 0.333. The van der Waals surface area contributed by atoms with Crippen LogP contribution in [0.4, 0.5) is 11.6 Å². The summed E-state index contributed by atoms with van der Waals surface area (Å²) in [5.74, 6) is 1.45. The van der Waals surface area contributed by atoms with Gasteiger partial charge in [0.15, 0.2) is 0 Å². The van der Waals surface area contributed by atoms with Gasteiger partial charge in [0.25, 0.3) is 0 Å². The lowest BCUT2D eigenvalue weighted by molar-refractivity contribution is 0.669. The van der Waals surface area contributed by atoms with Crippen molar-refractivity contribution < 1.29 is 0 Å². The normalized spacial score (nSPS) is 10.7. The van der Waals surface area contributed by atoms with Gasteiger partial charge in [-0.25, -0.2) is 9.97 Å². The lowest BCUT2D eigenvalue weighted by atomic mass is 10.1. The lowest BCUT2D eigenvalue weighted by Crippen LogP contribution is -2.31. The number of nitrogen functional groups attached to an aromatic ring is 1. The van der Waals surface area contributed by atoms with E-state index in [1.54, 1.807) is 0 Å². The summed E-state index contributed by atoms with van der Waals surface area (Å²) in [4.78, 5) is 10.7. The Balaban J connectivity index is 2.33. The van der Waals surface area contributed by atoms with Crippen LogP contribution in [0.3, 0.4) is 0 Å². The maximum absolute atomic E-state index is 5.87. The van der Waals surface area contributed by atoms with Gasteiger partial charge in [0.05, 0.1) is 0 Å². The van der Waals surface area contributed by atoms with Crippen LogP contribution < -0.4 is 10.6 Å². The standard InChI is InChI=1S/C15H20N4/c1-11(2)19(9-13-7-5-4-6-8-13)15-12(3)14(16)17-10-18-15/h4-8,10-11H,9H2,1-3H3,(H2,16,17,18). The van der Waals surface area contributed by atoms with E-state index in [0.717, 1.165) is 17.9 Å². The van der Waals surface area contributed by atoms with E-state index in [1.807, 2.05) is 13.0 Å². The monoisotopic (exact) mass is 256 g/mol. The van der Waals surface area contributed by atoms with Crippen molar-refractivity contribution in [3.05, 3.63) is 47.8 Å². The zero-order valence-electron chi connectivity index (χ0n) is 11.7. The second kappa shape index (κ2) is 5.69. The van der Waals surface area contributed by atoms with Crippen molar-refractivity contribution in [2.75, 3.05) is 10.6 Å². The molecule has 4 heteroatoms. The van der Waals surface area contributed by atoms with Gasteiger partial charge < -0.3 is 10.6 Å². The molecule has 100 valence electrons. The van der Waals surface area contributed by atoms with E-state index in [-0.39, 0.29) is 0 Å². The van der Waals surface area contributed by atoms with Crippen LogP contribution in [0.15, 0.2) is 36.7 Å². The highest BCUT2D eigenvalue weighted by Gasteiger charge is 2.16. The molecule has 0 aliphatic heterocycles.